The van der Waals surface area contributed by atoms with Crippen LogP contribution in [0.5, 0.6) is 5.75 Å². The number of amides is 1. The first-order chi connectivity index (χ1) is 17.6. The Hall–Kier alpha value is -4.01. The molecule has 192 valence electrons. The molecule has 3 aromatic rings. The van der Waals surface area contributed by atoms with Crippen molar-refractivity contribution in [2.75, 3.05) is 12.4 Å². The van der Waals surface area contributed by atoms with Crippen LogP contribution in [0.25, 0.3) is 6.08 Å². The number of hydrogen-bond acceptors (Lipinski definition) is 6. The quantitative estimate of drug-likeness (QED) is 0.399. The fourth-order valence-electron chi connectivity index (χ4n) is 4.27. The number of ether oxygens (including phenoxy) is 1. The van der Waals surface area contributed by atoms with Gasteiger partial charge < -0.3 is 14.6 Å². The number of rotatable bonds is 7. The molecule has 0 saturated heterocycles. The predicted molar refractivity (Wildman–Crippen MR) is 138 cm³/mol. The van der Waals surface area contributed by atoms with E-state index in [2.05, 4.69) is 15.0 Å². The lowest BCUT2D eigenvalue weighted by Crippen LogP contribution is -2.36. The molecule has 1 amide bonds. The maximum absolute atomic E-state index is 13.7. The van der Waals surface area contributed by atoms with E-state index in [1.165, 1.54) is 16.8 Å². The highest BCUT2D eigenvalue weighted by molar-refractivity contribution is 7.90. The molecule has 11 heteroatoms. The van der Waals surface area contributed by atoms with E-state index in [9.17, 15) is 13.4 Å². The Kier molecular flexibility index (Phi) is 7.42. The van der Waals surface area contributed by atoms with Crippen LogP contribution in [0.1, 0.15) is 40.7 Å². The van der Waals surface area contributed by atoms with Gasteiger partial charge in [0.15, 0.2) is 0 Å². The molecule has 1 aliphatic heterocycles. The van der Waals surface area contributed by atoms with Crippen LogP contribution >= 0.6 is 0 Å². The number of methoxy groups -OCH3 is 1. The van der Waals surface area contributed by atoms with Gasteiger partial charge in [0, 0.05) is 36.6 Å². The summed E-state index contributed by atoms with van der Waals surface area (Å²) in [6.45, 7) is 2.02. The summed E-state index contributed by atoms with van der Waals surface area (Å²) in [6.07, 6.45) is 6.61. The van der Waals surface area contributed by atoms with Crippen LogP contribution in [0.15, 0.2) is 53.6 Å². The molecular weight excluding hydrogens is 495 g/mol. The molecule has 1 aliphatic rings. The minimum atomic E-state index is -3.43. The minimum Gasteiger partial charge on any atom is -0.497 e. The standard InChI is InChI=1S/C26H27FN6O3S/c1-16(4-5-17-6-8-20(36-3)9-7-17)22-11-10-21-23(37(29,35)32-22)15-33(2)25(21)26(34)31-18-12-19(14-28)30-24(27)13-18/h6-13,15-16,22H,4-5H2,1-3H3,(H2,29,32,35)(H,30,31,34)/t16-,22+,37?/m0/s1. The van der Waals surface area contributed by atoms with Gasteiger partial charge in [-0.25, -0.2) is 18.7 Å². The van der Waals surface area contributed by atoms with E-state index in [1.807, 2.05) is 37.3 Å². The highest BCUT2D eigenvalue weighted by Crippen LogP contribution is 2.29. The summed E-state index contributed by atoms with van der Waals surface area (Å²) < 4.78 is 45.4. The van der Waals surface area contributed by atoms with Crippen molar-refractivity contribution in [3.05, 3.63) is 77.1 Å². The molecule has 0 aliphatic carbocycles. The van der Waals surface area contributed by atoms with E-state index in [4.69, 9.17) is 14.8 Å². The SMILES string of the molecule is COc1ccc(CC[C@H](C)[C@H]2C=Cc3c(cn(C)c3C(=O)Nc3cc(F)nc(C#N)c3)S(=N)(=O)N2)cc1. The van der Waals surface area contributed by atoms with Crippen LogP contribution in [-0.4, -0.2) is 32.8 Å². The molecule has 0 spiro atoms. The molecule has 1 unspecified atom stereocenters. The van der Waals surface area contributed by atoms with Crippen molar-refractivity contribution < 1.29 is 18.1 Å². The summed E-state index contributed by atoms with van der Waals surface area (Å²) >= 11 is 0. The molecule has 3 heterocycles. The highest BCUT2D eigenvalue weighted by atomic mass is 32.2. The van der Waals surface area contributed by atoms with Gasteiger partial charge in [-0.2, -0.15) is 9.65 Å². The van der Waals surface area contributed by atoms with Gasteiger partial charge in [0.05, 0.1) is 12.0 Å². The Balaban J connectivity index is 1.56. The molecule has 0 bridgehead atoms. The first-order valence-electron chi connectivity index (χ1n) is 11.6. The zero-order chi connectivity index (χ0) is 26.7. The number of benzene rings is 1. The van der Waals surface area contributed by atoms with Gasteiger partial charge in [-0.3, -0.25) is 4.79 Å². The van der Waals surface area contributed by atoms with E-state index in [-0.39, 0.29) is 33.9 Å². The molecular formula is C26H27FN6O3S. The summed E-state index contributed by atoms with van der Waals surface area (Å²) in [6, 6.07) is 11.5. The third kappa shape index (κ3) is 5.71. The van der Waals surface area contributed by atoms with Gasteiger partial charge in [0.2, 0.25) is 5.95 Å². The lowest BCUT2D eigenvalue weighted by atomic mass is 9.94. The number of anilines is 1. The van der Waals surface area contributed by atoms with Gasteiger partial charge >= 0.3 is 0 Å². The fourth-order valence-corrected chi connectivity index (χ4v) is 5.87. The Morgan fingerprint density at radius 1 is 1.38 bits per heavy atom. The monoisotopic (exact) mass is 522 g/mol. The zero-order valence-electron chi connectivity index (χ0n) is 20.6. The van der Waals surface area contributed by atoms with Crippen LogP contribution in [-0.2, 0) is 23.4 Å². The maximum atomic E-state index is 13.7. The van der Waals surface area contributed by atoms with Crippen LogP contribution in [0.4, 0.5) is 10.1 Å². The minimum absolute atomic E-state index is 0.0451. The number of halogens is 1. The van der Waals surface area contributed by atoms with Gasteiger partial charge in [-0.05, 0) is 42.5 Å². The second-order valence-corrected chi connectivity index (χ2v) is 10.7. The molecule has 3 N–H and O–H groups in total. The van der Waals surface area contributed by atoms with Crippen LogP contribution in [0, 0.1) is 28.0 Å². The Morgan fingerprint density at radius 3 is 2.78 bits per heavy atom. The Bertz CT molecular complexity index is 1510. The van der Waals surface area contributed by atoms with E-state index in [1.54, 1.807) is 26.3 Å². The van der Waals surface area contributed by atoms with Crippen LogP contribution < -0.4 is 14.8 Å². The Labute approximate surface area is 215 Å². The lowest BCUT2D eigenvalue weighted by molar-refractivity contribution is 0.101. The first-order valence-corrected chi connectivity index (χ1v) is 13.1. The number of aromatic nitrogens is 2. The number of hydrogen-bond donors (Lipinski definition) is 3. The predicted octanol–water partition coefficient (Wildman–Crippen LogP) is 4.27. The zero-order valence-corrected chi connectivity index (χ0v) is 21.4. The van der Waals surface area contributed by atoms with Crippen LogP contribution in [0.3, 0.4) is 0 Å². The maximum Gasteiger partial charge on any atom is 0.272 e. The number of carbonyl (C=O) groups excluding carboxylic acids is 1. The number of aryl methyl sites for hydroxylation is 2. The van der Waals surface area contributed by atoms with E-state index in [0.717, 1.165) is 30.2 Å². The van der Waals surface area contributed by atoms with Gasteiger partial charge in [-0.15, -0.1) is 0 Å². The Morgan fingerprint density at radius 2 is 2.11 bits per heavy atom. The van der Waals surface area contributed by atoms with Crippen molar-refractivity contribution in [1.82, 2.24) is 14.3 Å². The molecule has 0 radical (unpaired) electrons. The van der Waals surface area contributed by atoms with Crippen LogP contribution in [0.2, 0.25) is 0 Å². The van der Waals surface area contributed by atoms with E-state index in [0.29, 0.717) is 5.56 Å². The van der Waals surface area contributed by atoms with E-state index >= 15 is 0 Å². The molecule has 2 aromatic heterocycles. The topological polar surface area (TPSA) is 133 Å². The van der Waals surface area contributed by atoms with E-state index < -0.39 is 21.8 Å². The number of nitriles is 1. The normalized spacial score (nSPS) is 19.4. The molecule has 37 heavy (non-hydrogen) atoms. The van der Waals surface area contributed by atoms with Gasteiger partial charge in [-0.1, -0.05) is 31.2 Å². The average molecular weight is 523 g/mol. The summed E-state index contributed by atoms with van der Waals surface area (Å²) in [5, 5.41) is 11.6. The van der Waals surface area contributed by atoms with Crippen molar-refractivity contribution in [2.45, 2.75) is 30.7 Å². The van der Waals surface area contributed by atoms with Crippen molar-refractivity contribution >= 4 is 27.6 Å². The largest absolute Gasteiger partial charge is 0.497 e. The number of carbonyl (C=O) groups is 1. The van der Waals surface area contributed by atoms with Crippen molar-refractivity contribution in [1.29, 1.82) is 10.0 Å². The molecule has 3 atom stereocenters. The lowest BCUT2D eigenvalue weighted by Gasteiger charge is -2.22. The highest BCUT2D eigenvalue weighted by Gasteiger charge is 2.30. The third-order valence-electron chi connectivity index (χ3n) is 6.31. The second-order valence-electron chi connectivity index (χ2n) is 8.92. The second kappa shape index (κ2) is 10.5. The number of nitrogens with zero attached hydrogens (tertiary/aromatic N) is 3. The average Bonchev–Trinajstić information content (AvgIpc) is 3.15. The molecule has 9 nitrogen and oxygen atoms in total. The van der Waals surface area contributed by atoms with Crippen molar-refractivity contribution in [3.63, 3.8) is 0 Å². The molecule has 1 aromatic carbocycles. The summed E-state index contributed by atoms with van der Waals surface area (Å²) in [5.74, 6) is -0.658. The van der Waals surface area contributed by atoms with Gasteiger partial charge in [0.1, 0.15) is 33.1 Å². The third-order valence-corrected chi connectivity index (χ3v) is 7.86. The smallest absolute Gasteiger partial charge is 0.272 e. The number of fused-ring (bicyclic) bond motifs is 1. The summed E-state index contributed by atoms with van der Waals surface area (Å²) in [7, 11) is -0.205. The first kappa shape index (κ1) is 26.1. The molecule has 0 fully saturated rings. The summed E-state index contributed by atoms with van der Waals surface area (Å²) in [4.78, 5) is 16.8. The van der Waals surface area contributed by atoms with Crippen molar-refractivity contribution in [2.24, 2.45) is 13.0 Å². The molecule has 0 saturated carbocycles. The number of nitrogens with one attached hydrogen (secondary N) is 3. The van der Waals surface area contributed by atoms with Crippen molar-refractivity contribution in [3.8, 4) is 11.8 Å². The molecule has 4 rings (SSSR count). The number of pyridine rings is 1. The fraction of sp³-hybridized carbons (Fsp3) is 0.269. The summed E-state index contributed by atoms with van der Waals surface area (Å²) in [5.41, 5.74) is 1.55. The van der Waals surface area contributed by atoms with Gasteiger partial charge in [0.25, 0.3) is 5.91 Å².